The zero-order valence-corrected chi connectivity index (χ0v) is 16.7. The van der Waals surface area contributed by atoms with Crippen molar-refractivity contribution >= 4 is 39.0 Å². The molecule has 5 rings (SSSR count). The third-order valence-electron chi connectivity index (χ3n) is 5.28. The summed E-state index contributed by atoms with van der Waals surface area (Å²) in [4.78, 5) is 17.2. The van der Waals surface area contributed by atoms with Crippen molar-refractivity contribution in [2.45, 2.75) is 13.0 Å². The van der Waals surface area contributed by atoms with Crippen LogP contribution in [0.25, 0.3) is 32.4 Å². The van der Waals surface area contributed by atoms with E-state index < -0.39 is 0 Å². The van der Waals surface area contributed by atoms with Gasteiger partial charge in [0.25, 0.3) is 0 Å². The third-order valence-corrected chi connectivity index (χ3v) is 6.17. The molecule has 5 aromatic rings. The summed E-state index contributed by atoms with van der Waals surface area (Å²) >= 11 is 1.69. The van der Waals surface area contributed by atoms with Crippen LogP contribution in [0, 0.1) is 0 Å². The molecule has 2 aromatic carbocycles. The highest BCUT2D eigenvalue weighted by Crippen LogP contribution is 2.31. The van der Waals surface area contributed by atoms with Gasteiger partial charge in [-0.05, 0) is 41.6 Å². The molecule has 0 saturated heterocycles. The number of hydrogen-bond acceptors (Lipinski definition) is 2. The molecular formula is C24H21N3OS. The Morgan fingerprint density at radius 3 is 2.79 bits per heavy atom. The fraction of sp³-hybridized carbons (Fsp3) is 0.125. The number of carbonyl (C=O) groups is 1. The van der Waals surface area contributed by atoms with Crippen molar-refractivity contribution in [3.05, 3.63) is 83.9 Å². The molecule has 0 aliphatic rings. The Kier molecular flexibility index (Phi) is 4.66. The van der Waals surface area contributed by atoms with Gasteiger partial charge in [0.2, 0.25) is 5.91 Å². The molecule has 0 spiro atoms. The highest BCUT2D eigenvalue weighted by molar-refractivity contribution is 7.13. The number of benzene rings is 2. The lowest BCUT2D eigenvalue weighted by Gasteiger charge is -2.10. The number of hydrogen-bond donors (Lipinski definition) is 2. The summed E-state index contributed by atoms with van der Waals surface area (Å²) < 4.78 is 2.11. The van der Waals surface area contributed by atoms with E-state index in [1.807, 2.05) is 36.5 Å². The number of fused-ring (bicyclic) bond motifs is 2. The van der Waals surface area contributed by atoms with E-state index in [2.05, 4.69) is 56.6 Å². The SMILES string of the molecule is O=C(Cn1c(-c2cccs2)cc2ccccc21)NCCc1c[nH]c2ccccc12. The number of H-pyrrole nitrogens is 1. The van der Waals surface area contributed by atoms with E-state index in [4.69, 9.17) is 0 Å². The maximum Gasteiger partial charge on any atom is 0.239 e. The van der Waals surface area contributed by atoms with Crippen molar-refractivity contribution in [3.8, 4) is 10.6 Å². The van der Waals surface area contributed by atoms with Gasteiger partial charge in [-0.2, -0.15) is 0 Å². The number of carbonyl (C=O) groups excluding carboxylic acids is 1. The predicted octanol–water partition coefficient (Wildman–Crippen LogP) is 5.21. The van der Waals surface area contributed by atoms with Gasteiger partial charge in [0.05, 0.1) is 10.6 Å². The molecule has 0 aliphatic carbocycles. The number of nitrogens with zero attached hydrogens (tertiary/aromatic N) is 1. The Morgan fingerprint density at radius 1 is 1.03 bits per heavy atom. The van der Waals surface area contributed by atoms with Crippen LogP contribution in [-0.2, 0) is 17.8 Å². The normalized spacial score (nSPS) is 11.3. The first kappa shape index (κ1) is 17.8. The maximum atomic E-state index is 12.7. The summed E-state index contributed by atoms with van der Waals surface area (Å²) in [6, 6.07) is 22.8. The number of aromatic amines is 1. The molecule has 0 unspecified atom stereocenters. The molecule has 0 radical (unpaired) electrons. The van der Waals surface area contributed by atoms with Crippen molar-refractivity contribution in [1.29, 1.82) is 0 Å². The second-order valence-corrected chi connectivity index (χ2v) is 8.06. The van der Waals surface area contributed by atoms with Gasteiger partial charge in [0.1, 0.15) is 6.54 Å². The lowest BCUT2D eigenvalue weighted by atomic mass is 10.1. The van der Waals surface area contributed by atoms with E-state index >= 15 is 0 Å². The van der Waals surface area contributed by atoms with Crippen molar-refractivity contribution in [3.63, 3.8) is 0 Å². The van der Waals surface area contributed by atoms with Gasteiger partial charge < -0.3 is 14.9 Å². The first-order chi connectivity index (χ1) is 14.3. The number of rotatable bonds is 6. The monoisotopic (exact) mass is 399 g/mol. The van der Waals surface area contributed by atoms with Crippen LogP contribution in [0.4, 0.5) is 0 Å². The van der Waals surface area contributed by atoms with Crippen LogP contribution in [0.5, 0.6) is 0 Å². The molecule has 5 heteroatoms. The Bertz CT molecular complexity index is 1280. The molecule has 0 saturated carbocycles. The summed E-state index contributed by atoms with van der Waals surface area (Å²) in [7, 11) is 0. The van der Waals surface area contributed by atoms with Gasteiger partial charge in [-0.15, -0.1) is 11.3 Å². The molecule has 1 amide bonds. The highest BCUT2D eigenvalue weighted by Gasteiger charge is 2.14. The lowest BCUT2D eigenvalue weighted by molar-refractivity contribution is -0.121. The molecule has 4 nitrogen and oxygen atoms in total. The van der Waals surface area contributed by atoms with E-state index in [1.54, 1.807) is 11.3 Å². The fourth-order valence-electron chi connectivity index (χ4n) is 3.88. The number of aromatic nitrogens is 2. The van der Waals surface area contributed by atoms with Crippen LogP contribution >= 0.6 is 11.3 Å². The van der Waals surface area contributed by atoms with Gasteiger partial charge in [0.15, 0.2) is 0 Å². The average Bonchev–Trinajstić information content (AvgIpc) is 3.47. The minimum Gasteiger partial charge on any atom is -0.361 e. The molecule has 0 bridgehead atoms. The van der Waals surface area contributed by atoms with E-state index in [0.717, 1.165) is 28.5 Å². The molecule has 0 fully saturated rings. The molecule has 0 aliphatic heterocycles. The third kappa shape index (κ3) is 3.45. The molecule has 29 heavy (non-hydrogen) atoms. The van der Waals surface area contributed by atoms with Crippen molar-refractivity contribution in [2.24, 2.45) is 0 Å². The number of para-hydroxylation sites is 2. The summed E-state index contributed by atoms with van der Waals surface area (Å²) in [5.41, 5.74) is 4.54. The maximum absolute atomic E-state index is 12.7. The Hall–Kier alpha value is -3.31. The number of amides is 1. The number of thiophene rings is 1. The first-order valence-corrected chi connectivity index (χ1v) is 10.6. The zero-order valence-electron chi connectivity index (χ0n) is 15.9. The smallest absolute Gasteiger partial charge is 0.239 e. The van der Waals surface area contributed by atoms with Crippen molar-refractivity contribution < 1.29 is 4.79 Å². The molecule has 0 atom stereocenters. The molecule has 144 valence electrons. The molecule has 3 heterocycles. The molecule has 2 N–H and O–H groups in total. The Balaban J connectivity index is 1.32. The Labute approximate surface area is 172 Å². The molecule has 3 aromatic heterocycles. The van der Waals surface area contributed by atoms with E-state index in [9.17, 15) is 4.79 Å². The minimum atomic E-state index is 0.0315. The molecular weight excluding hydrogens is 378 g/mol. The van der Waals surface area contributed by atoms with Crippen LogP contribution < -0.4 is 5.32 Å². The zero-order chi connectivity index (χ0) is 19.6. The highest BCUT2D eigenvalue weighted by atomic mass is 32.1. The van der Waals surface area contributed by atoms with Gasteiger partial charge in [0, 0.05) is 34.5 Å². The van der Waals surface area contributed by atoms with Gasteiger partial charge in [-0.3, -0.25) is 4.79 Å². The van der Waals surface area contributed by atoms with Gasteiger partial charge in [-0.25, -0.2) is 0 Å². The lowest BCUT2D eigenvalue weighted by Crippen LogP contribution is -2.29. The van der Waals surface area contributed by atoms with Crippen molar-refractivity contribution in [1.82, 2.24) is 14.9 Å². The second-order valence-electron chi connectivity index (χ2n) is 7.11. The van der Waals surface area contributed by atoms with Crippen LogP contribution in [0.3, 0.4) is 0 Å². The Morgan fingerprint density at radius 2 is 1.90 bits per heavy atom. The first-order valence-electron chi connectivity index (χ1n) is 9.73. The van der Waals surface area contributed by atoms with E-state index in [1.165, 1.54) is 15.8 Å². The second kappa shape index (κ2) is 7.60. The summed E-state index contributed by atoms with van der Waals surface area (Å²) in [5, 5.41) is 7.53. The van der Waals surface area contributed by atoms with Gasteiger partial charge in [-0.1, -0.05) is 42.5 Å². The van der Waals surface area contributed by atoms with Crippen LogP contribution in [0.1, 0.15) is 5.56 Å². The number of nitrogens with one attached hydrogen (secondary N) is 2. The largest absolute Gasteiger partial charge is 0.361 e. The van der Waals surface area contributed by atoms with E-state index in [0.29, 0.717) is 13.1 Å². The summed E-state index contributed by atoms with van der Waals surface area (Å²) in [5.74, 6) is 0.0315. The quantitative estimate of drug-likeness (QED) is 0.405. The summed E-state index contributed by atoms with van der Waals surface area (Å²) in [6.45, 7) is 0.933. The standard InChI is InChI=1S/C24H21N3OS/c28-24(25-12-11-18-15-26-20-8-3-2-7-19(18)20)16-27-21-9-4-1-6-17(21)14-22(27)23-10-5-13-29-23/h1-10,13-15,26H,11-12,16H2,(H,25,28). The average molecular weight is 400 g/mol. The minimum absolute atomic E-state index is 0.0315. The van der Waals surface area contributed by atoms with Crippen LogP contribution in [0.15, 0.2) is 78.3 Å². The van der Waals surface area contributed by atoms with Crippen molar-refractivity contribution in [2.75, 3.05) is 6.54 Å². The van der Waals surface area contributed by atoms with E-state index in [-0.39, 0.29) is 5.91 Å². The topological polar surface area (TPSA) is 49.8 Å². The summed E-state index contributed by atoms with van der Waals surface area (Å²) in [6.07, 6.45) is 2.84. The van der Waals surface area contributed by atoms with Crippen LogP contribution in [-0.4, -0.2) is 22.0 Å². The predicted molar refractivity (Wildman–Crippen MR) is 120 cm³/mol. The van der Waals surface area contributed by atoms with Gasteiger partial charge >= 0.3 is 0 Å². The fourth-order valence-corrected chi connectivity index (χ4v) is 4.63. The van der Waals surface area contributed by atoms with Crippen LogP contribution in [0.2, 0.25) is 0 Å².